The largest absolute Gasteiger partial charge is 0.391 e. The van der Waals surface area contributed by atoms with Crippen LogP contribution in [0.3, 0.4) is 0 Å². The molecule has 1 saturated carbocycles. The Hall–Kier alpha value is 0.230. The van der Waals surface area contributed by atoms with Gasteiger partial charge in [0.15, 0.2) is 0 Å². The average Bonchev–Trinajstić information content (AvgIpc) is 2.03. The van der Waals surface area contributed by atoms with Gasteiger partial charge in [-0.3, -0.25) is 0 Å². The quantitative estimate of drug-likeness (QED) is 0.638. The number of rotatable bonds is 1. The van der Waals surface area contributed by atoms with Gasteiger partial charge < -0.3 is 0 Å². The van der Waals surface area contributed by atoms with E-state index in [0.29, 0.717) is 12.8 Å². The van der Waals surface area contributed by atoms with Crippen LogP contribution in [0.15, 0.2) is 0 Å². The van der Waals surface area contributed by atoms with Gasteiger partial charge in [0.05, 0.1) is 11.2 Å². The topological polar surface area (TPSA) is 17.1 Å². The first-order valence-electron chi connectivity index (χ1n) is 4.05. The lowest BCUT2D eigenvalue weighted by molar-refractivity contribution is -0.181. The molecule has 1 fully saturated rings. The molecule has 0 spiro atoms. The van der Waals surface area contributed by atoms with Crippen molar-refractivity contribution in [3.63, 3.8) is 0 Å². The highest BCUT2D eigenvalue weighted by Gasteiger charge is 2.43. The molecule has 0 amide bonds. The molecule has 1 aliphatic rings. The average molecular weight is 235 g/mol. The maximum atomic E-state index is 12.2. The second-order valence-corrected chi connectivity index (χ2v) is 5.35. The predicted octanol–water partition coefficient (Wildman–Crippen LogP) is 3.01. The van der Waals surface area contributed by atoms with Gasteiger partial charge in [0.25, 0.3) is 0 Å². The zero-order valence-corrected chi connectivity index (χ0v) is 8.38. The van der Waals surface area contributed by atoms with Gasteiger partial charge in [-0.1, -0.05) is 6.42 Å². The number of alkyl halides is 3. The van der Waals surface area contributed by atoms with Crippen LogP contribution in [0.25, 0.3) is 0 Å². The summed E-state index contributed by atoms with van der Waals surface area (Å²) < 4.78 is 47.5. The van der Waals surface area contributed by atoms with Crippen molar-refractivity contribution < 1.29 is 17.4 Å². The highest BCUT2D eigenvalue weighted by Crippen LogP contribution is 2.39. The summed E-state index contributed by atoms with van der Waals surface area (Å²) in [5, 5.41) is -0.484. The van der Waals surface area contributed by atoms with Crippen LogP contribution in [-0.4, -0.2) is 15.6 Å². The summed E-state index contributed by atoms with van der Waals surface area (Å²) in [5.41, 5.74) is 0. The molecule has 0 heterocycles. The van der Waals surface area contributed by atoms with Gasteiger partial charge in [0.1, 0.15) is 10.0 Å². The maximum absolute atomic E-state index is 12.2. The molecule has 0 radical (unpaired) electrons. The van der Waals surface area contributed by atoms with Crippen molar-refractivity contribution in [1.29, 1.82) is 0 Å². The Morgan fingerprint density at radius 2 is 1.92 bits per heavy atom. The van der Waals surface area contributed by atoms with Gasteiger partial charge in [0.2, 0.25) is 0 Å². The highest BCUT2D eigenvalue weighted by atomic mass is 35.7. The Labute approximate surface area is 81.6 Å². The minimum Gasteiger partial charge on any atom is -0.242 e. The summed E-state index contributed by atoms with van der Waals surface area (Å²) >= 11 is 0. The molecule has 0 aromatic carbocycles. The first kappa shape index (κ1) is 11.3. The molecular formula is C7H10ClF3OS. The monoisotopic (exact) mass is 234 g/mol. The van der Waals surface area contributed by atoms with E-state index >= 15 is 0 Å². The minimum absolute atomic E-state index is 0.0837. The second kappa shape index (κ2) is 4.17. The van der Waals surface area contributed by atoms with Crippen LogP contribution in [0.1, 0.15) is 25.7 Å². The molecule has 0 N–H and O–H groups in total. The minimum atomic E-state index is -4.16. The fraction of sp³-hybridized carbons (Fsp3) is 1.00. The van der Waals surface area contributed by atoms with Crippen LogP contribution in [0.4, 0.5) is 13.2 Å². The first-order valence-corrected chi connectivity index (χ1v) is 6.08. The number of hydrogen-bond donors (Lipinski definition) is 0. The lowest BCUT2D eigenvalue weighted by Gasteiger charge is -2.28. The standard InChI is InChI=1S/C7H10ClF3OS/c8-13(12)6-3-1-2-5(4-6)7(9,10)11/h5-6H,1-4H2. The summed E-state index contributed by atoms with van der Waals surface area (Å²) in [6.07, 6.45) is -3.08. The van der Waals surface area contributed by atoms with Crippen LogP contribution < -0.4 is 0 Å². The molecule has 1 nitrogen and oxygen atoms in total. The molecule has 6 heteroatoms. The van der Waals surface area contributed by atoms with Crippen molar-refractivity contribution in [3.05, 3.63) is 0 Å². The molecular weight excluding hydrogens is 225 g/mol. The van der Waals surface area contributed by atoms with E-state index in [1.807, 2.05) is 0 Å². The third-order valence-corrected chi connectivity index (χ3v) is 4.06. The van der Waals surface area contributed by atoms with Crippen molar-refractivity contribution in [2.24, 2.45) is 5.92 Å². The van der Waals surface area contributed by atoms with E-state index < -0.39 is 27.4 Å². The van der Waals surface area contributed by atoms with E-state index in [1.54, 1.807) is 0 Å². The summed E-state index contributed by atoms with van der Waals surface area (Å²) in [6, 6.07) is 0. The van der Waals surface area contributed by atoms with Crippen molar-refractivity contribution in [1.82, 2.24) is 0 Å². The third kappa shape index (κ3) is 3.13. The second-order valence-electron chi connectivity index (χ2n) is 3.28. The lowest BCUT2D eigenvalue weighted by Crippen LogP contribution is -2.31. The van der Waals surface area contributed by atoms with Gasteiger partial charge in [0, 0.05) is 0 Å². The SMILES string of the molecule is O=S(Cl)C1CCCC(C(F)(F)F)C1. The van der Waals surface area contributed by atoms with E-state index in [-0.39, 0.29) is 12.8 Å². The fourth-order valence-corrected chi connectivity index (χ4v) is 2.83. The lowest BCUT2D eigenvalue weighted by atomic mass is 9.88. The van der Waals surface area contributed by atoms with Gasteiger partial charge >= 0.3 is 6.18 Å². The summed E-state index contributed by atoms with van der Waals surface area (Å²) in [7, 11) is 3.64. The molecule has 3 unspecified atom stereocenters. The Morgan fingerprint density at radius 1 is 1.31 bits per heavy atom. The van der Waals surface area contributed by atoms with Crippen molar-refractivity contribution in [2.45, 2.75) is 37.1 Å². The Morgan fingerprint density at radius 3 is 2.38 bits per heavy atom. The zero-order valence-electron chi connectivity index (χ0n) is 6.81. The van der Waals surface area contributed by atoms with E-state index in [0.717, 1.165) is 0 Å². The van der Waals surface area contributed by atoms with Crippen LogP contribution in [0.2, 0.25) is 0 Å². The van der Waals surface area contributed by atoms with Gasteiger partial charge in [-0.15, -0.1) is 0 Å². The third-order valence-electron chi connectivity index (χ3n) is 2.35. The maximum Gasteiger partial charge on any atom is 0.391 e. The molecule has 0 saturated heterocycles. The van der Waals surface area contributed by atoms with E-state index in [4.69, 9.17) is 10.7 Å². The van der Waals surface area contributed by atoms with E-state index in [2.05, 4.69) is 0 Å². The molecule has 13 heavy (non-hydrogen) atoms. The first-order chi connectivity index (χ1) is 5.91. The molecule has 0 aromatic rings. The predicted molar refractivity (Wildman–Crippen MR) is 45.8 cm³/mol. The molecule has 0 bridgehead atoms. The normalized spacial score (nSPS) is 32.9. The van der Waals surface area contributed by atoms with Gasteiger partial charge in [-0.05, 0) is 29.9 Å². The Bertz CT molecular complexity index is 206. The Balaban J connectivity index is 2.57. The fourth-order valence-electron chi connectivity index (χ4n) is 1.61. The van der Waals surface area contributed by atoms with Crippen LogP contribution in [-0.2, 0) is 10.0 Å². The van der Waals surface area contributed by atoms with E-state index in [1.165, 1.54) is 0 Å². The molecule has 0 aliphatic heterocycles. The summed E-state index contributed by atoms with van der Waals surface area (Å²) in [5.74, 6) is -1.31. The van der Waals surface area contributed by atoms with E-state index in [9.17, 15) is 17.4 Å². The van der Waals surface area contributed by atoms with Crippen molar-refractivity contribution >= 4 is 20.7 Å². The summed E-state index contributed by atoms with van der Waals surface area (Å²) in [6.45, 7) is 0. The van der Waals surface area contributed by atoms with Gasteiger partial charge in [-0.2, -0.15) is 13.2 Å². The highest BCUT2D eigenvalue weighted by molar-refractivity contribution is 8.08. The van der Waals surface area contributed by atoms with Gasteiger partial charge in [-0.25, -0.2) is 4.21 Å². The Kier molecular flexibility index (Phi) is 3.63. The molecule has 3 atom stereocenters. The zero-order chi connectivity index (χ0) is 10.1. The molecule has 1 aliphatic carbocycles. The van der Waals surface area contributed by atoms with Crippen LogP contribution in [0, 0.1) is 5.92 Å². The van der Waals surface area contributed by atoms with Crippen LogP contribution >= 0.6 is 10.7 Å². The van der Waals surface area contributed by atoms with Crippen molar-refractivity contribution in [2.75, 3.05) is 0 Å². The molecule has 0 aromatic heterocycles. The smallest absolute Gasteiger partial charge is 0.242 e. The number of halogens is 4. The number of hydrogen-bond acceptors (Lipinski definition) is 1. The van der Waals surface area contributed by atoms with Crippen LogP contribution in [0.5, 0.6) is 0 Å². The molecule has 1 rings (SSSR count). The van der Waals surface area contributed by atoms with Crippen molar-refractivity contribution in [3.8, 4) is 0 Å². The summed E-state index contributed by atoms with van der Waals surface area (Å²) in [4.78, 5) is 0. The molecule has 78 valence electrons.